The number of ether oxygens (including phenoxy) is 2. The summed E-state index contributed by atoms with van der Waals surface area (Å²) in [7, 11) is 0. The fourth-order valence-corrected chi connectivity index (χ4v) is 1.79. The van der Waals surface area contributed by atoms with Gasteiger partial charge in [0.05, 0.1) is 19.1 Å². The molecule has 0 fully saturated rings. The van der Waals surface area contributed by atoms with Crippen LogP contribution in [-0.4, -0.2) is 43.4 Å². The third-order valence-electron chi connectivity index (χ3n) is 3.01. The topological polar surface area (TPSA) is 84.9 Å². The minimum atomic E-state index is -0.818. The second-order valence-electron chi connectivity index (χ2n) is 4.94. The minimum Gasteiger partial charge on any atom is -0.481 e. The van der Waals surface area contributed by atoms with Crippen LogP contribution in [0.15, 0.2) is 24.3 Å². The Morgan fingerprint density at radius 2 is 1.82 bits per heavy atom. The zero-order valence-electron chi connectivity index (χ0n) is 13.0. The van der Waals surface area contributed by atoms with Gasteiger partial charge < -0.3 is 19.9 Å². The van der Waals surface area contributed by atoms with Crippen molar-refractivity contribution in [2.24, 2.45) is 5.92 Å². The molecule has 0 saturated carbocycles. The maximum absolute atomic E-state index is 11.6. The third-order valence-corrected chi connectivity index (χ3v) is 3.01. The first kappa shape index (κ1) is 18.1. The van der Waals surface area contributed by atoms with Gasteiger partial charge in [0.1, 0.15) is 6.61 Å². The minimum absolute atomic E-state index is 0.0229. The number of hydrogen-bond donors (Lipinski definition) is 2. The first-order chi connectivity index (χ1) is 10.5. The van der Waals surface area contributed by atoms with Gasteiger partial charge in [0.25, 0.3) is 0 Å². The van der Waals surface area contributed by atoms with E-state index in [1.807, 2.05) is 19.1 Å². The standard InChI is InChI=1S/C16H23NO5/c1-3-21-8-9-22-11-15(18)17-14-6-4-13(5-7-14)10-12(2)16(19)20/h4-7,12H,3,8-11H2,1-2H3,(H,17,18)(H,19,20). The summed E-state index contributed by atoms with van der Waals surface area (Å²) in [6.07, 6.45) is 0.462. The van der Waals surface area contributed by atoms with E-state index in [0.29, 0.717) is 31.9 Å². The highest BCUT2D eigenvalue weighted by molar-refractivity contribution is 5.91. The Labute approximate surface area is 130 Å². The summed E-state index contributed by atoms with van der Waals surface area (Å²) < 4.78 is 10.3. The lowest BCUT2D eigenvalue weighted by atomic mass is 10.0. The summed E-state index contributed by atoms with van der Waals surface area (Å²) in [6, 6.07) is 7.12. The van der Waals surface area contributed by atoms with Crippen LogP contribution in [-0.2, 0) is 25.5 Å². The van der Waals surface area contributed by atoms with E-state index < -0.39 is 11.9 Å². The quantitative estimate of drug-likeness (QED) is 0.645. The molecule has 0 heterocycles. The van der Waals surface area contributed by atoms with Gasteiger partial charge >= 0.3 is 5.97 Å². The number of carbonyl (C=O) groups is 2. The number of carbonyl (C=O) groups excluding carboxylic acids is 1. The summed E-state index contributed by atoms with van der Waals surface area (Å²) in [4.78, 5) is 22.4. The van der Waals surface area contributed by atoms with E-state index in [2.05, 4.69) is 5.32 Å². The van der Waals surface area contributed by atoms with Crippen molar-refractivity contribution >= 4 is 17.6 Å². The van der Waals surface area contributed by atoms with E-state index in [1.54, 1.807) is 19.1 Å². The molecule has 1 rings (SSSR count). The van der Waals surface area contributed by atoms with Crippen LogP contribution >= 0.6 is 0 Å². The number of amides is 1. The van der Waals surface area contributed by atoms with E-state index in [1.165, 1.54) is 0 Å². The van der Waals surface area contributed by atoms with Gasteiger partial charge in [-0.1, -0.05) is 19.1 Å². The van der Waals surface area contributed by atoms with Crippen molar-refractivity contribution in [3.05, 3.63) is 29.8 Å². The summed E-state index contributed by atoms with van der Waals surface area (Å²) in [5, 5.41) is 11.6. The molecule has 0 aliphatic rings. The molecule has 122 valence electrons. The number of aliphatic carboxylic acids is 1. The summed E-state index contributed by atoms with van der Waals surface area (Å²) in [5.74, 6) is -1.48. The average Bonchev–Trinajstić information content (AvgIpc) is 2.49. The highest BCUT2D eigenvalue weighted by Gasteiger charge is 2.11. The van der Waals surface area contributed by atoms with Gasteiger partial charge in [0.15, 0.2) is 0 Å². The number of hydrogen-bond acceptors (Lipinski definition) is 4. The SMILES string of the molecule is CCOCCOCC(=O)Nc1ccc(CC(C)C(=O)O)cc1. The number of benzene rings is 1. The monoisotopic (exact) mass is 309 g/mol. The van der Waals surface area contributed by atoms with Crippen LogP contribution in [0.25, 0.3) is 0 Å². The number of anilines is 1. The van der Waals surface area contributed by atoms with E-state index in [-0.39, 0.29) is 12.5 Å². The first-order valence-electron chi connectivity index (χ1n) is 7.30. The molecule has 1 aromatic rings. The third kappa shape index (κ3) is 7.19. The van der Waals surface area contributed by atoms with Crippen LogP contribution in [0.1, 0.15) is 19.4 Å². The molecule has 22 heavy (non-hydrogen) atoms. The van der Waals surface area contributed by atoms with Gasteiger partial charge in [-0.15, -0.1) is 0 Å². The second kappa shape index (κ2) is 9.92. The van der Waals surface area contributed by atoms with E-state index in [9.17, 15) is 9.59 Å². The largest absolute Gasteiger partial charge is 0.481 e. The van der Waals surface area contributed by atoms with Crippen molar-refractivity contribution in [3.8, 4) is 0 Å². The Hall–Kier alpha value is -1.92. The summed E-state index contributed by atoms with van der Waals surface area (Å²) in [6.45, 7) is 5.02. The van der Waals surface area contributed by atoms with Crippen molar-refractivity contribution < 1.29 is 24.2 Å². The first-order valence-corrected chi connectivity index (χ1v) is 7.30. The van der Waals surface area contributed by atoms with Crippen LogP contribution in [0.2, 0.25) is 0 Å². The van der Waals surface area contributed by atoms with E-state index >= 15 is 0 Å². The smallest absolute Gasteiger partial charge is 0.306 e. The van der Waals surface area contributed by atoms with E-state index in [4.69, 9.17) is 14.6 Å². The van der Waals surface area contributed by atoms with Crippen LogP contribution in [0.4, 0.5) is 5.69 Å². The molecular formula is C16H23NO5. The Morgan fingerprint density at radius 3 is 2.41 bits per heavy atom. The van der Waals surface area contributed by atoms with Crippen LogP contribution < -0.4 is 5.32 Å². The molecule has 0 aliphatic heterocycles. The lowest BCUT2D eigenvalue weighted by Gasteiger charge is -2.09. The Balaban J connectivity index is 2.34. The van der Waals surface area contributed by atoms with Gasteiger partial charge in [0.2, 0.25) is 5.91 Å². The van der Waals surface area contributed by atoms with Crippen molar-refractivity contribution in [3.63, 3.8) is 0 Å². The Kier molecular flexibility index (Phi) is 8.17. The maximum Gasteiger partial charge on any atom is 0.306 e. The fourth-order valence-electron chi connectivity index (χ4n) is 1.79. The molecule has 0 radical (unpaired) electrons. The molecule has 0 spiro atoms. The fraction of sp³-hybridized carbons (Fsp3) is 0.500. The number of carboxylic acids is 1. The van der Waals surface area contributed by atoms with Crippen LogP contribution in [0, 0.1) is 5.92 Å². The lowest BCUT2D eigenvalue weighted by molar-refractivity contribution is -0.141. The highest BCUT2D eigenvalue weighted by Crippen LogP contribution is 2.13. The molecule has 2 N–H and O–H groups in total. The molecule has 1 amide bonds. The number of nitrogens with one attached hydrogen (secondary N) is 1. The maximum atomic E-state index is 11.6. The predicted molar refractivity (Wildman–Crippen MR) is 82.9 cm³/mol. The van der Waals surface area contributed by atoms with Crippen molar-refractivity contribution in [2.45, 2.75) is 20.3 Å². The highest BCUT2D eigenvalue weighted by atomic mass is 16.5. The van der Waals surface area contributed by atoms with Gasteiger partial charge in [-0.2, -0.15) is 0 Å². The molecule has 0 aromatic heterocycles. The van der Waals surface area contributed by atoms with Gasteiger partial charge in [-0.3, -0.25) is 9.59 Å². The molecule has 1 aromatic carbocycles. The molecule has 0 aliphatic carbocycles. The zero-order valence-corrected chi connectivity index (χ0v) is 13.0. The predicted octanol–water partition coefficient (Wildman–Crippen LogP) is 1.94. The van der Waals surface area contributed by atoms with Crippen molar-refractivity contribution in [2.75, 3.05) is 31.7 Å². The summed E-state index contributed by atoms with van der Waals surface area (Å²) in [5.41, 5.74) is 1.57. The van der Waals surface area contributed by atoms with Gasteiger partial charge in [-0.05, 0) is 31.0 Å². The molecular weight excluding hydrogens is 286 g/mol. The van der Waals surface area contributed by atoms with Crippen molar-refractivity contribution in [1.82, 2.24) is 0 Å². The van der Waals surface area contributed by atoms with Crippen LogP contribution in [0.5, 0.6) is 0 Å². The van der Waals surface area contributed by atoms with Gasteiger partial charge in [-0.25, -0.2) is 0 Å². The lowest BCUT2D eigenvalue weighted by Crippen LogP contribution is -2.19. The second-order valence-corrected chi connectivity index (χ2v) is 4.94. The normalized spacial score (nSPS) is 11.9. The Morgan fingerprint density at radius 1 is 1.18 bits per heavy atom. The average molecular weight is 309 g/mol. The molecule has 1 unspecified atom stereocenters. The molecule has 0 saturated heterocycles. The number of carboxylic acid groups (broad SMARTS) is 1. The van der Waals surface area contributed by atoms with Crippen LogP contribution in [0.3, 0.4) is 0 Å². The van der Waals surface area contributed by atoms with E-state index in [0.717, 1.165) is 5.56 Å². The zero-order chi connectivity index (χ0) is 16.4. The Bertz CT molecular complexity index is 472. The molecule has 1 atom stereocenters. The molecule has 6 heteroatoms. The summed E-state index contributed by atoms with van der Waals surface area (Å²) >= 11 is 0. The number of rotatable bonds is 10. The van der Waals surface area contributed by atoms with Crippen molar-refractivity contribution in [1.29, 1.82) is 0 Å². The molecule has 6 nitrogen and oxygen atoms in total. The molecule has 0 bridgehead atoms. The van der Waals surface area contributed by atoms with Gasteiger partial charge in [0, 0.05) is 12.3 Å².